The molecule has 0 aliphatic carbocycles. The van der Waals surface area contributed by atoms with E-state index >= 15 is 0 Å². The van der Waals surface area contributed by atoms with Crippen molar-refractivity contribution in [2.75, 3.05) is 6.61 Å². The minimum atomic E-state index is -4.84. The number of benzene rings is 1. The van der Waals surface area contributed by atoms with E-state index in [1.54, 1.807) is 27.7 Å². The van der Waals surface area contributed by atoms with Crippen LogP contribution < -0.4 is 53.6 Å². The predicted octanol–water partition coefficient (Wildman–Crippen LogP) is -4.05. The fourth-order valence-corrected chi connectivity index (χ4v) is 5.65. The summed E-state index contributed by atoms with van der Waals surface area (Å²) in [7, 11) is -4.84. The minimum Gasteiger partial charge on any atom is -0.404 e. The van der Waals surface area contributed by atoms with Gasteiger partial charge < -0.3 is 58.7 Å². The summed E-state index contributed by atoms with van der Waals surface area (Å²) in [5.41, 5.74) is 16.4. The van der Waals surface area contributed by atoms with Gasteiger partial charge in [-0.25, -0.2) is 4.57 Å². The van der Waals surface area contributed by atoms with Gasteiger partial charge in [0.1, 0.15) is 42.0 Å². The zero-order chi connectivity index (χ0) is 44.5. The smallest absolute Gasteiger partial charge is 0.404 e. The Hall–Kier alpha value is -5.64. The number of carbonyl (C=O) groups is 9. The standard InChI is InChI=1S/C34H54N9O14P/c1-6-17(4)28(43-32(51)22(38-18(5)45)13-19-7-9-20(10-8-19)57-58(54,55)56)34(53)40-23(14-26(36)47)31(50)39-21(11-12-25(35)46)30(49)41-24(15-44)33(52)42-27(16(2)3)29(37)48/h7-10,16-17,21-24,27-28,44H,6,11-15H2,1-5H3,(H2,35,46)(H2,36,47)(H2,37,48)(H,38,45)(H,39,50)(H,40,53)(H,41,49)(H,42,52)(H,43,51)(H2,54,55,56)/t17-,21-,22-,23-,24-,27-,28-/m0/s1. The van der Waals surface area contributed by atoms with Crippen LogP contribution in [0.25, 0.3) is 0 Å². The average Bonchev–Trinajstić information content (AvgIpc) is 3.11. The number of aliphatic hydroxyl groups excluding tert-OH is 1. The van der Waals surface area contributed by atoms with Crippen LogP contribution in [0.1, 0.15) is 65.9 Å². The number of rotatable bonds is 25. The second-order valence-corrected chi connectivity index (χ2v) is 14.9. The van der Waals surface area contributed by atoms with Gasteiger partial charge >= 0.3 is 7.82 Å². The molecule has 0 aromatic heterocycles. The van der Waals surface area contributed by atoms with Gasteiger partial charge in [0.05, 0.1) is 13.0 Å². The highest BCUT2D eigenvalue weighted by molar-refractivity contribution is 7.46. The summed E-state index contributed by atoms with van der Waals surface area (Å²) >= 11 is 0. The van der Waals surface area contributed by atoms with Crippen LogP contribution in [0.4, 0.5) is 0 Å². The van der Waals surface area contributed by atoms with Crippen molar-refractivity contribution in [3.8, 4) is 5.75 Å². The summed E-state index contributed by atoms with van der Waals surface area (Å²) in [5.74, 6) is -9.80. The Morgan fingerprint density at radius 1 is 0.690 bits per heavy atom. The lowest BCUT2D eigenvalue weighted by Crippen LogP contribution is -2.61. The normalized spacial score (nSPS) is 14.8. The number of primary amides is 3. The summed E-state index contributed by atoms with van der Waals surface area (Å²) in [4.78, 5) is 133. The molecule has 0 heterocycles. The van der Waals surface area contributed by atoms with E-state index in [0.717, 1.165) is 6.92 Å². The first-order valence-corrected chi connectivity index (χ1v) is 19.5. The van der Waals surface area contributed by atoms with Gasteiger partial charge in [0.2, 0.25) is 53.2 Å². The molecule has 324 valence electrons. The molecule has 0 aliphatic rings. The Morgan fingerprint density at radius 3 is 1.66 bits per heavy atom. The SMILES string of the molecule is CC[C@H](C)[C@H](NC(=O)[C@H](Cc1ccc(OP(=O)(O)O)cc1)NC(C)=O)C(=O)N[C@@H](CC(N)=O)C(=O)N[C@@H](CCC(N)=O)C(=O)N[C@@H](CO)C(=O)N[C@H](C(N)=O)C(C)C. The molecule has 1 aromatic carbocycles. The first kappa shape index (κ1) is 50.4. The van der Waals surface area contributed by atoms with Gasteiger partial charge in [0.25, 0.3) is 0 Å². The van der Waals surface area contributed by atoms with Crippen LogP contribution in [0.5, 0.6) is 5.75 Å². The first-order valence-electron chi connectivity index (χ1n) is 18.0. The number of nitrogens with one attached hydrogen (secondary N) is 6. The Morgan fingerprint density at radius 2 is 1.19 bits per heavy atom. The van der Waals surface area contributed by atoms with Gasteiger partial charge in [-0.1, -0.05) is 46.2 Å². The molecule has 15 N–H and O–H groups in total. The number of aliphatic hydroxyl groups is 1. The molecule has 0 spiro atoms. The second-order valence-electron chi connectivity index (χ2n) is 13.7. The fourth-order valence-electron chi connectivity index (χ4n) is 5.26. The van der Waals surface area contributed by atoms with Crippen molar-refractivity contribution in [2.45, 2.75) is 103 Å². The van der Waals surface area contributed by atoms with Crippen LogP contribution in [0, 0.1) is 11.8 Å². The molecule has 1 rings (SSSR count). The lowest BCUT2D eigenvalue weighted by atomic mass is 9.96. The van der Waals surface area contributed by atoms with Gasteiger partial charge in [0, 0.05) is 19.8 Å². The maximum atomic E-state index is 13.7. The van der Waals surface area contributed by atoms with Gasteiger partial charge in [-0.3, -0.25) is 52.9 Å². The number of carbonyl (C=O) groups excluding carboxylic acids is 9. The van der Waals surface area contributed by atoms with Crippen molar-refractivity contribution >= 4 is 61.0 Å². The number of amides is 9. The maximum absolute atomic E-state index is 13.7. The third-order valence-electron chi connectivity index (χ3n) is 8.51. The van der Waals surface area contributed by atoms with E-state index in [1.807, 2.05) is 0 Å². The fraction of sp³-hybridized carbons (Fsp3) is 0.559. The second kappa shape index (κ2) is 23.6. The highest BCUT2D eigenvalue weighted by Gasteiger charge is 2.35. The van der Waals surface area contributed by atoms with Crippen molar-refractivity contribution in [1.82, 2.24) is 31.9 Å². The zero-order valence-corrected chi connectivity index (χ0v) is 33.6. The van der Waals surface area contributed by atoms with Crippen LogP contribution in [0.3, 0.4) is 0 Å². The highest BCUT2D eigenvalue weighted by Crippen LogP contribution is 2.37. The molecular formula is C34H54N9O14P. The Labute approximate surface area is 333 Å². The lowest BCUT2D eigenvalue weighted by Gasteiger charge is -2.29. The molecule has 1 aromatic rings. The Bertz CT molecular complexity index is 1710. The van der Waals surface area contributed by atoms with Gasteiger partial charge in [0.15, 0.2) is 0 Å². The van der Waals surface area contributed by atoms with E-state index in [1.165, 1.54) is 24.3 Å². The highest BCUT2D eigenvalue weighted by atomic mass is 31.2. The molecular weight excluding hydrogens is 789 g/mol. The number of phosphoric ester groups is 1. The lowest BCUT2D eigenvalue weighted by molar-refractivity contribution is -0.137. The molecule has 0 unspecified atom stereocenters. The Balaban J connectivity index is 3.32. The quantitative estimate of drug-likeness (QED) is 0.0417. The van der Waals surface area contributed by atoms with Crippen LogP contribution in [-0.4, -0.2) is 111 Å². The van der Waals surface area contributed by atoms with Crippen molar-refractivity contribution in [3.05, 3.63) is 29.8 Å². The zero-order valence-electron chi connectivity index (χ0n) is 32.7. The molecule has 58 heavy (non-hydrogen) atoms. The first-order chi connectivity index (χ1) is 26.9. The monoisotopic (exact) mass is 843 g/mol. The molecule has 7 atom stereocenters. The Kier molecular flexibility index (Phi) is 20.5. The van der Waals surface area contributed by atoms with Crippen LogP contribution >= 0.6 is 7.82 Å². The maximum Gasteiger partial charge on any atom is 0.524 e. The summed E-state index contributed by atoms with van der Waals surface area (Å²) in [5, 5.41) is 24.0. The molecule has 9 amide bonds. The van der Waals surface area contributed by atoms with E-state index < -0.39 is 135 Å². The molecule has 0 fully saturated rings. The van der Waals surface area contributed by atoms with E-state index in [0.29, 0.717) is 12.0 Å². The van der Waals surface area contributed by atoms with E-state index in [4.69, 9.17) is 27.0 Å². The number of hydrogen-bond acceptors (Lipinski definition) is 12. The van der Waals surface area contributed by atoms with Gasteiger partial charge in [-0.05, 0) is 36.0 Å². The minimum absolute atomic E-state index is 0.153. The number of phosphoric acid groups is 1. The molecule has 24 heteroatoms. The number of hydrogen-bond donors (Lipinski definition) is 12. The summed E-state index contributed by atoms with van der Waals surface area (Å²) < 4.78 is 15.7. The topological polar surface area (TPSA) is 391 Å². The van der Waals surface area contributed by atoms with Crippen molar-refractivity contribution in [3.63, 3.8) is 0 Å². The molecule has 0 saturated carbocycles. The van der Waals surface area contributed by atoms with Gasteiger partial charge in [-0.2, -0.15) is 0 Å². The average molecular weight is 844 g/mol. The number of nitrogens with two attached hydrogens (primary N) is 3. The largest absolute Gasteiger partial charge is 0.524 e. The van der Waals surface area contributed by atoms with Gasteiger partial charge in [-0.15, -0.1) is 0 Å². The third kappa shape index (κ3) is 18.1. The van der Waals surface area contributed by atoms with Crippen molar-refractivity contribution < 1.29 is 67.1 Å². The predicted molar refractivity (Wildman–Crippen MR) is 203 cm³/mol. The van der Waals surface area contributed by atoms with E-state index in [9.17, 15) is 52.8 Å². The molecule has 0 radical (unpaired) electrons. The van der Waals surface area contributed by atoms with E-state index in [2.05, 4.69) is 36.4 Å². The summed E-state index contributed by atoms with van der Waals surface area (Å²) in [6.07, 6.45) is -1.59. The molecule has 0 aliphatic heterocycles. The summed E-state index contributed by atoms with van der Waals surface area (Å²) in [6, 6.07) is -3.67. The van der Waals surface area contributed by atoms with Crippen LogP contribution in [0.15, 0.2) is 24.3 Å². The van der Waals surface area contributed by atoms with Crippen LogP contribution in [0.2, 0.25) is 0 Å². The third-order valence-corrected chi connectivity index (χ3v) is 8.96. The summed E-state index contributed by atoms with van der Waals surface area (Å²) in [6.45, 7) is 6.62. The molecule has 0 saturated heterocycles. The van der Waals surface area contributed by atoms with Crippen molar-refractivity contribution in [1.29, 1.82) is 0 Å². The molecule has 0 bridgehead atoms. The van der Waals surface area contributed by atoms with E-state index in [-0.39, 0.29) is 12.2 Å². The van der Waals surface area contributed by atoms with Crippen molar-refractivity contribution in [2.24, 2.45) is 29.0 Å². The van der Waals surface area contributed by atoms with Crippen LogP contribution in [-0.2, 0) is 54.1 Å². The molecule has 23 nitrogen and oxygen atoms in total.